The summed E-state index contributed by atoms with van der Waals surface area (Å²) in [6.45, 7) is 5.53. The van der Waals surface area contributed by atoms with E-state index in [2.05, 4.69) is 11.3 Å². The molecule has 1 N–H and O–H groups in total. The molecular weight excluding hydrogens is 314 g/mol. The van der Waals surface area contributed by atoms with E-state index in [1.807, 2.05) is 0 Å². The molecule has 0 spiro atoms. The van der Waals surface area contributed by atoms with Crippen molar-refractivity contribution in [1.29, 1.82) is 0 Å². The maximum atomic E-state index is 12.4. The van der Waals surface area contributed by atoms with Gasteiger partial charge < -0.3 is 4.74 Å². The predicted octanol–water partition coefficient (Wildman–Crippen LogP) is 3.31. The van der Waals surface area contributed by atoms with Crippen LogP contribution in [0, 0.1) is 0 Å². The summed E-state index contributed by atoms with van der Waals surface area (Å²) in [5.41, 5.74) is 0.991. The summed E-state index contributed by atoms with van der Waals surface area (Å²) in [5, 5.41) is 0. The third-order valence-electron chi connectivity index (χ3n) is 3.07. The molecular formula is C17H17NO4S. The molecule has 5 nitrogen and oxygen atoms in total. The van der Waals surface area contributed by atoms with Crippen LogP contribution in [-0.4, -0.2) is 21.0 Å². The van der Waals surface area contributed by atoms with E-state index in [4.69, 9.17) is 4.74 Å². The van der Waals surface area contributed by atoms with Crippen molar-refractivity contribution in [2.45, 2.75) is 11.8 Å². The Morgan fingerprint density at radius 1 is 1.22 bits per heavy atom. The highest BCUT2D eigenvalue weighted by Gasteiger charge is 2.19. The van der Waals surface area contributed by atoms with Gasteiger partial charge in [-0.3, -0.25) is 4.72 Å². The number of benzene rings is 2. The molecule has 0 heterocycles. The maximum absolute atomic E-state index is 12.4. The lowest BCUT2D eigenvalue weighted by molar-refractivity contribution is 0.0527. The van der Waals surface area contributed by atoms with Crippen LogP contribution in [-0.2, 0) is 14.8 Å². The number of carbonyl (C=O) groups is 1. The van der Waals surface area contributed by atoms with Crippen LogP contribution in [0.4, 0.5) is 5.69 Å². The normalized spacial score (nSPS) is 10.8. The van der Waals surface area contributed by atoms with Gasteiger partial charge in [0.2, 0.25) is 0 Å². The Labute approximate surface area is 135 Å². The first kappa shape index (κ1) is 16.8. The molecule has 0 radical (unpaired) electrons. The van der Waals surface area contributed by atoms with Crippen molar-refractivity contribution in [2.75, 3.05) is 11.3 Å². The van der Waals surface area contributed by atoms with Crippen LogP contribution >= 0.6 is 0 Å². The Kier molecular flexibility index (Phi) is 5.18. The molecule has 0 saturated carbocycles. The van der Waals surface area contributed by atoms with Gasteiger partial charge in [0.05, 0.1) is 22.8 Å². The highest BCUT2D eigenvalue weighted by atomic mass is 32.2. The van der Waals surface area contributed by atoms with Gasteiger partial charge >= 0.3 is 5.97 Å². The maximum Gasteiger partial charge on any atom is 0.340 e. The van der Waals surface area contributed by atoms with E-state index in [0.29, 0.717) is 5.56 Å². The molecule has 2 aromatic carbocycles. The molecule has 2 aromatic rings. The van der Waals surface area contributed by atoms with Gasteiger partial charge in [-0.15, -0.1) is 0 Å². The third-order valence-corrected chi connectivity index (χ3v) is 4.45. The second-order valence-corrected chi connectivity index (χ2v) is 6.33. The number of hydrogen-bond donors (Lipinski definition) is 1. The number of esters is 1. The molecule has 120 valence electrons. The first-order valence-corrected chi connectivity index (χ1v) is 8.47. The fourth-order valence-electron chi connectivity index (χ4n) is 1.96. The number of anilines is 1. The predicted molar refractivity (Wildman–Crippen MR) is 89.7 cm³/mol. The zero-order chi connectivity index (χ0) is 16.9. The van der Waals surface area contributed by atoms with E-state index < -0.39 is 16.0 Å². The van der Waals surface area contributed by atoms with E-state index in [-0.39, 0.29) is 22.8 Å². The number of nitrogens with one attached hydrogen (secondary N) is 1. The summed E-state index contributed by atoms with van der Waals surface area (Å²) in [6.07, 6.45) is 1.56. The molecule has 0 amide bonds. The average Bonchev–Trinajstić information content (AvgIpc) is 2.55. The van der Waals surface area contributed by atoms with E-state index in [9.17, 15) is 13.2 Å². The molecule has 0 aliphatic rings. The first-order chi connectivity index (χ1) is 11.0. The largest absolute Gasteiger partial charge is 0.462 e. The van der Waals surface area contributed by atoms with Gasteiger partial charge in [-0.05, 0) is 36.8 Å². The molecule has 0 aliphatic heterocycles. The van der Waals surface area contributed by atoms with Crippen LogP contribution in [0.2, 0.25) is 0 Å². The Balaban J connectivity index is 2.45. The van der Waals surface area contributed by atoms with Crippen molar-refractivity contribution < 1.29 is 17.9 Å². The Hall–Kier alpha value is -2.60. The standard InChI is InChI=1S/C17H17NO4S/c1-3-13-10-11-15(17(19)22-4-2)16(12-13)18-23(20,21)14-8-6-5-7-9-14/h3,5-12,18H,1,4H2,2H3. The van der Waals surface area contributed by atoms with Gasteiger partial charge in [0.25, 0.3) is 10.0 Å². The fourth-order valence-corrected chi connectivity index (χ4v) is 3.06. The highest BCUT2D eigenvalue weighted by Crippen LogP contribution is 2.23. The lowest BCUT2D eigenvalue weighted by Crippen LogP contribution is -2.16. The number of hydrogen-bond acceptors (Lipinski definition) is 4. The fraction of sp³-hybridized carbons (Fsp3) is 0.118. The lowest BCUT2D eigenvalue weighted by atomic mass is 10.1. The summed E-state index contributed by atoms with van der Waals surface area (Å²) in [7, 11) is -3.80. The van der Waals surface area contributed by atoms with Crippen molar-refractivity contribution in [3.8, 4) is 0 Å². The molecule has 0 saturated heterocycles. The summed E-state index contributed by atoms with van der Waals surface area (Å²) in [5.74, 6) is -0.589. The molecule has 23 heavy (non-hydrogen) atoms. The smallest absolute Gasteiger partial charge is 0.340 e. The minimum Gasteiger partial charge on any atom is -0.462 e. The van der Waals surface area contributed by atoms with Crippen molar-refractivity contribution in [2.24, 2.45) is 0 Å². The molecule has 0 aromatic heterocycles. The summed E-state index contributed by atoms with van der Waals surface area (Å²) in [4.78, 5) is 12.1. The molecule has 0 aliphatic carbocycles. The van der Waals surface area contributed by atoms with Gasteiger partial charge in [0.15, 0.2) is 0 Å². The highest BCUT2D eigenvalue weighted by molar-refractivity contribution is 7.92. The average molecular weight is 331 g/mol. The number of ether oxygens (including phenoxy) is 1. The second-order valence-electron chi connectivity index (χ2n) is 4.65. The first-order valence-electron chi connectivity index (χ1n) is 6.99. The van der Waals surface area contributed by atoms with E-state index in [1.54, 1.807) is 43.3 Å². The van der Waals surface area contributed by atoms with Crippen molar-refractivity contribution >= 4 is 27.8 Å². The van der Waals surface area contributed by atoms with Crippen molar-refractivity contribution in [1.82, 2.24) is 0 Å². The van der Waals surface area contributed by atoms with E-state index in [0.717, 1.165) is 0 Å². The number of carbonyl (C=O) groups excluding carboxylic acids is 1. The minimum atomic E-state index is -3.80. The summed E-state index contributed by atoms with van der Waals surface area (Å²) in [6, 6.07) is 12.6. The van der Waals surface area contributed by atoms with E-state index >= 15 is 0 Å². The Bertz CT molecular complexity index is 814. The quantitative estimate of drug-likeness (QED) is 0.824. The van der Waals surface area contributed by atoms with Crippen LogP contribution < -0.4 is 4.72 Å². The molecule has 0 bridgehead atoms. The number of sulfonamides is 1. The zero-order valence-electron chi connectivity index (χ0n) is 12.7. The lowest BCUT2D eigenvalue weighted by Gasteiger charge is -2.13. The summed E-state index contributed by atoms with van der Waals surface area (Å²) < 4.78 is 32.3. The minimum absolute atomic E-state index is 0.110. The Morgan fingerprint density at radius 2 is 1.91 bits per heavy atom. The van der Waals surface area contributed by atoms with Gasteiger partial charge in [-0.1, -0.05) is 36.9 Å². The van der Waals surface area contributed by atoms with E-state index in [1.165, 1.54) is 18.2 Å². The molecule has 6 heteroatoms. The Morgan fingerprint density at radius 3 is 2.52 bits per heavy atom. The van der Waals surface area contributed by atoms with Gasteiger partial charge in [0, 0.05) is 0 Å². The summed E-state index contributed by atoms with van der Waals surface area (Å²) >= 11 is 0. The topological polar surface area (TPSA) is 72.5 Å². The zero-order valence-corrected chi connectivity index (χ0v) is 13.5. The van der Waals surface area contributed by atoms with Crippen molar-refractivity contribution in [3.05, 3.63) is 66.2 Å². The molecule has 0 unspecified atom stereocenters. The SMILES string of the molecule is C=Cc1ccc(C(=O)OCC)c(NS(=O)(=O)c2ccccc2)c1. The van der Waals surface area contributed by atoms with Crippen LogP contribution in [0.5, 0.6) is 0 Å². The third kappa shape index (κ3) is 3.98. The van der Waals surface area contributed by atoms with Crippen LogP contribution in [0.15, 0.2) is 60.0 Å². The van der Waals surface area contributed by atoms with Gasteiger partial charge in [-0.25, -0.2) is 13.2 Å². The second kappa shape index (κ2) is 7.11. The van der Waals surface area contributed by atoms with Crippen molar-refractivity contribution in [3.63, 3.8) is 0 Å². The van der Waals surface area contributed by atoms with Gasteiger partial charge in [-0.2, -0.15) is 0 Å². The molecule has 0 atom stereocenters. The molecule has 0 fully saturated rings. The van der Waals surface area contributed by atoms with Crippen LogP contribution in [0.3, 0.4) is 0 Å². The van der Waals surface area contributed by atoms with Crippen LogP contribution in [0.25, 0.3) is 6.08 Å². The monoisotopic (exact) mass is 331 g/mol. The number of rotatable bonds is 6. The molecule has 2 rings (SSSR count). The van der Waals surface area contributed by atoms with Gasteiger partial charge in [0.1, 0.15) is 0 Å². The van der Waals surface area contributed by atoms with Crippen LogP contribution in [0.1, 0.15) is 22.8 Å².